The number of halogens is 1. The number of nitrogens with zero attached hydrogens (tertiary/aromatic N) is 6. The summed E-state index contributed by atoms with van der Waals surface area (Å²) < 4.78 is 16.2. The number of aryl methyl sites for hydroxylation is 1. The van der Waals surface area contributed by atoms with Crippen LogP contribution in [0.25, 0.3) is 27.5 Å². The van der Waals surface area contributed by atoms with Gasteiger partial charge in [-0.05, 0) is 136 Å². The van der Waals surface area contributed by atoms with Crippen molar-refractivity contribution in [2.45, 2.75) is 33.1 Å². The number of aromatic nitrogens is 3. The van der Waals surface area contributed by atoms with Crippen LogP contribution >= 0.6 is 0 Å². The van der Waals surface area contributed by atoms with Gasteiger partial charge in [0.2, 0.25) is 0 Å². The van der Waals surface area contributed by atoms with E-state index in [1.807, 2.05) is 47.4 Å². The van der Waals surface area contributed by atoms with E-state index >= 15 is 4.39 Å². The molecule has 0 atom stereocenters. The third kappa shape index (κ3) is 6.31. The molecule has 0 saturated carbocycles. The van der Waals surface area contributed by atoms with Crippen LogP contribution in [0.15, 0.2) is 194 Å². The Morgan fingerprint density at radius 2 is 1.12 bits per heavy atom. The normalized spacial score (nSPS) is 12.9. The van der Waals surface area contributed by atoms with Crippen molar-refractivity contribution in [3.8, 4) is 5.69 Å². The van der Waals surface area contributed by atoms with E-state index < -0.39 is 0 Å². The minimum Gasteiger partial charge on any atom is -0.311 e. The molecule has 10 aromatic rings. The van der Waals surface area contributed by atoms with Crippen molar-refractivity contribution in [3.05, 3.63) is 211 Å². The van der Waals surface area contributed by atoms with E-state index in [4.69, 9.17) is 10.2 Å². The molecule has 6 nitrogen and oxygen atoms in total. The van der Waals surface area contributed by atoms with Gasteiger partial charge < -0.3 is 14.7 Å². The first kappa shape index (κ1) is 38.7. The van der Waals surface area contributed by atoms with Crippen molar-refractivity contribution in [1.82, 2.24) is 15.0 Å². The molecule has 0 fully saturated rings. The average Bonchev–Trinajstić information content (AvgIpc) is 3.75. The highest BCUT2D eigenvalue weighted by Crippen LogP contribution is 2.48. The first-order chi connectivity index (χ1) is 31.7. The smallest absolute Gasteiger partial charge is 0.252 e. The predicted molar refractivity (Wildman–Crippen MR) is 268 cm³/mol. The fourth-order valence-corrected chi connectivity index (χ4v) is 10.0. The summed E-state index contributed by atoms with van der Waals surface area (Å²) in [6, 6.07) is 67.3. The fraction of sp³-hybridized carbons (Fsp3) is 0.0877. The van der Waals surface area contributed by atoms with Crippen LogP contribution in [-0.4, -0.2) is 21.7 Å². The molecule has 0 N–H and O–H groups in total. The largest absolute Gasteiger partial charge is 0.311 e. The van der Waals surface area contributed by atoms with Crippen molar-refractivity contribution in [2.75, 3.05) is 14.7 Å². The summed E-state index contributed by atoms with van der Waals surface area (Å²) in [5.74, 6) is -0.294. The van der Waals surface area contributed by atoms with Gasteiger partial charge in [-0.25, -0.2) is 4.39 Å². The quantitative estimate of drug-likeness (QED) is 0.156. The van der Waals surface area contributed by atoms with Crippen LogP contribution < -0.4 is 31.1 Å². The SMILES string of the molecule is Cc1cc2c3c(c1)N(c1cccc4ccccc14)c1cc4nn(-c5ccccc5)nc4cc1B3c1ccc(N(c3ccc(C(C)(C)C)cc3)c3ccccc3F)cc1N2c1ccccc1. The first-order valence-corrected chi connectivity index (χ1v) is 22.2. The molecule has 0 aliphatic carbocycles. The van der Waals surface area contributed by atoms with E-state index in [9.17, 15) is 0 Å². The van der Waals surface area contributed by atoms with E-state index in [1.54, 1.807) is 10.9 Å². The van der Waals surface area contributed by atoms with Crippen molar-refractivity contribution < 1.29 is 4.39 Å². The summed E-state index contributed by atoms with van der Waals surface area (Å²) >= 11 is 0. The van der Waals surface area contributed by atoms with Crippen LogP contribution in [0.4, 0.5) is 55.6 Å². The summed E-state index contributed by atoms with van der Waals surface area (Å²) in [7, 11) is 0. The number of fused-ring (bicyclic) bond motifs is 6. The van der Waals surface area contributed by atoms with E-state index in [1.165, 1.54) is 22.5 Å². The Labute approximate surface area is 378 Å². The van der Waals surface area contributed by atoms with Crippen LogP contribution in [0.3, 0.4) is 0 Å². The molecule has 2 aliphatic heterocycles. The molecule has 8 heteroatoms. The number of para-hydroxylation sites is 3. The monoisotopic (exact) mass is 842 g/mol. The highest BCUT2D eigenvalue weighted by molar-refractivity contribution is 7.00. The van der Waals surface area contributed by atoms with E-state index in [-0.39, 0.29) is 17.9 Å². The summed E-state index contributed by atoms with van der Waals surface area (Å²) in [5, 5.41) is 12.5. The maximum atomic E-state index is 16.2. The Hall–Kier alpha value is -7.97. The van der Waals surface area contributed by atoms with Crippen molar-refractivity contribution in [1.29, 1.82) is 0 Å². The topological polar surface area (TPSA) is 40.4 Å². The lowest BCUT2D eigenvalue weighted by molar-refractivity contribution is 0.590. The van der Waals surface area contributed by atoms with Gasteiger partial charge in [-0.3, -0.25) is 0 Å². The Bertz CT molecular complexity index is 3470. The van der Waals surface area contributed by atoms with E-state index in [0.717, 1.165) is 84.1 Å². The highest BCUT2D eigenvalue weighted by atomic mass is 19.1. The van der Waals surface area contributed by atoms with Crippen LogP contribution in [-0.2, 0) is 5.41 Å². The molecule has 12 rings (SSSR count). The van der Waals surface area contributed by atoms with Crippen LogP contribution in [0.1, 0.15) is 31.9 Å². The van der Waals surface area contributed by atoms with Gasteiger partial charge in [-0.15, -0.1) is 10.2 Å². The molecule has 3 heterocycles. The number of hydrogen-bond acceptors (Lipinski definition) is 5. The van der Waals surface area contributed by atoms with Gasteiger partial charge in [0.05, 0.1) is 17.1 Å². The molecule has 312 valence electrons. The standard InChI is InChI=1S/C57H44BFN6/c1-37-32-54-56-55(33-37)64(50-25-15-17-38-16-11-12-22-44(38)50)53-36-49-48(60-65(61-49)42-20-9-6-10-21-42)35-46(53)58(56)45-31-30-43(34-52(45)63(54)40-18-7-5-8-19-40)62(51-24-14-13-23-47(51)59)41-28-26-39(27-29-41)57(2,3)4/h5-36H,1-4H3. The Balaban J connectivity index is 1.14. The van der Waals surface area contributed by atoms with Crippen molar-refractivity contribution in [3.63, 3.8) is 0 Å². The molecule has 0 spiro atoms. The lowest BCUT2D eigenvalue weighted by atomic mass is 9.33. The average molecular weight is 843 g/mol. The molecule has 65 heavy (non-hydrogen) atoms. The van der Waals surface area contributed by atoms with Crippen molar-refractivity contribution >= 4 is 96.1 Å². The van der Waals surface area contributed by atoms with Gasteiger partial charge in [0.1, 0.15) is 16.9 Å². The number of anilines is 9. The zero-order valence-electron chi connectivity index (χ0n) is 36.6. The third-order valence-electron chi connectivity index (χ3n) is 13.0. The predicted octanol–water partition coefficient (Wildman–Crippen LogP) is 12.9. The molecular formula is C57H44BFN6. The first-order valence-electron chi connectivity index (χ1n) is 22.2. The minimum absolute atomic E-state index is 0.0332. The van der Waals surface area contributed by atoms with Crippen LogP contribution in [0.2, 0.25) is 0 Å². The molecule has 0 bridgehead atoms. The van der Waals surface area contributed by atoms with Crippen molar-refractivity contribution in [2.24, 2.45) is 0 Å². The summed E-state index contributed by atoms with van der Waals surface area (Å²) in [4.78, 5) is 8.64. The molecule has 9 aromatic carbocycles. The molecule has 0 saturated heterocycles. The van der Waals surface area contributed by atoms with Crippen LogP contribution in [0, 0.1) is 12.7 Å². The second-order valence-electron chi connectivity index (χ2n) is 18.2. The zero-order chi connectivity index (χ0) is 44.0. The number of hydrogen-bond donors (Lipinski definition) is 0. The second-order valence-corrected chi connectivity index (χ2v) is 18.2. The summed E-state index contributed by atoms with van der Waals surface area (Å²) in [5.41, 5.74) is 16.9. The third-order valence-corrected chi connectivity index (χ3v) is 13.0. The van der Waals surface area contributed by atoms with Gasteiger partial charge in [-0.1, -0.05) is 124 Å². The summed E-state index contributed by atoms with van der Waals surface area (Å²) in [6.45, 7) is 8.65. The van der Waals surface area contributed by atoms with Gasteiger partial charge in [0.15, 0.2) is 0 Å². The molecule has 0 unspecified atom stereocenters. The molecule has 2 aliphatic rings. The lowest BCUT2D eigenvalue weighted by Gasteiger charge is -2.44. The Morgan fingerprint density at radius 1 is 0.508 bits per heavy atom. The van der Waals surface area contributed by atoms with Crippen LogP contribution in [0.5, 0.6) is 0 Å². The molecule has 1 aromatic heterocycles. The molecule has 0 radical (unpaired) electrons. The number of rotatable bonds is 6. The molecular weight excluding hydrogens is 798 g/mol. The van der Waals surface area contributed by atoms with E-state index in [0.29, 0.717) is 5.69 Å². The maximum absolute atomic E-state index is 16.2. The number of benzene rings is 9. The fourth-order valence-electron chi connectivity index (χ4n) is 10.0. The molecule has 0 amide bonds. The highest BCUT2D eigenvalue weighted by Gasteiger charge is 2.44. The van der Waals surface area contributed by atoms with Gasteiger partial charge in [0.25, 0.3) is 6.71 Å². The lowest BCUT2D eigenvalue weighted by Crippen LogP contribution is -2.61. The maximum Gasteiger partial charge on any atom is 0.252 e. The van der Waals surface area contributed by atoms with E-state index in [2.05, 4.69) is 177 Å². The zero-order valence-corrected chi connectivity index (χ0v) is 36.6. The van der Waals surface area contributed by atoms with Gasteiger partial charge in [-0.2, -0.15) is 4.80 Å². The second kappa shape index (κ2) is 14.8. The Kier molecular flexibility index (Phi) is 8.82. The minimum atomic E-state index is -0.294. The Morgan fingerprint density at radius 3 is 1.86 bits per heavy atom. The summed E-state index contributed by atoms with van der Waals surface area (Å²) in [6.07, 6.45) is 0. The van der Waals surface area contributed by atoms with Gasteiger partial charge >= 0.3 is 0 Å². The van der Waals surface area contributed by atoms with Gasteiger partial charge in [0, 0.05) is 45.2 Å².